The van der Waals surface area contributed by atoms with Crippen molar-refractivity contribution in [2.24, 2.45) is 15.0 Å². The van der Waals surface area contributed by atoms with Crippen molar-refractivity contribution in [2.45, 2.75) is 6.42 Å². The molecule has 0 spiro atoms. The molecule has 1 aromatic carbocycles. The summed E-state index contributed by atoms with van der Waals surface area (Å²) < 4.78 is 10.7. The maximum absolute atomic E-state index is 5.33. The molecule has 30 heavy (non-hydrogen) atoms. The third kappa shape index (κ3) is 5.02. The van der Waals surface area contributed by atoms with Gasteiger partial charge in [-0.3, -0.25) is 9.98 Å². The maximum atomic E-state index is 5.33. The zero-order chi connectivity index (χ0) is 21.5. The highest BCUT2D eigenvalue weighted by atomic mass is 16.5. The van der Waals surface area contributed by atoms with Gasteiger partial charge < -0.3 is 19.7 Å². The molecule has 3 rings (SSSR count). The Morgan fingerprint density at radius 3 is 2.40 bits per heavy atom. The highest BCUT2D eigenvalue weighted by Crippen LogP contribution is 2.26. The summed E-state index contributed by atoms with van der Waals surface area (Å²) in [7, 11) is 8.82. The number of anilines is 2. The lowest BCUT2D eigenvalue weighted by Gasteiger charge is -2.15. The minimum absolute atomic E-state index is 0.459. The second-order valence-electron chi connectivity index (χ2n) is 6.70. The van der Waals surface area contributed by atoms with Crippen molar-refractivity contribution in [3.63, 3.8) is 0 Å². The number of allylic oxidation sites excluding steroid dienone is 1. The van der Waals surface area contributed by atoms with E-state index in [1.807, 2.05) is 55.5 Å². The number of pyridine rings is 1. The van der Waals surface area contributed by atoms with Crippen LogP contribution in [0, 0.1) is 0 Å². The fraction of sp³-hybridized carbons (Fsp3) is 0.273. The number of guanidine groups is 1. The molecule has 0 radical (unpaired) electrons. The minimum Gasteiger partial charge on any atom is -0.497 e. The molecule has 0 bridgehead atoms. The Morgan fingerprint density at radius 2 is 1.83 bits per heavy atom. The number of benzene rings is 1. The van der Waals surface area contributed by atoms with E-state index >= 15 is 0 Å². The van der Waals surface area contributed by atoms with Crippen LogP contribution < -0.4 is 19.7 Å². The van der Waals surface area contributed by atoms with Gasteiger partial charge in [-0.25, -0.2) is 9.98 Å². The molecule has 0 unspecified atom stereocenters. The molecule has 0 aliphatic carbocycles. The van der Waals surface area contributed by atoms with E-state index in [-0.39, 0.29) is 0 Å². The summed E-state index contributed by atoms with van der Waals surface area (Å²) in [6.45, 7) is 0. The number of ether oxygens (including phenoxy) is 2. The van der Waals surface area contributed by atoms with Gasteiger partial charge in [-0.1, -0.05) is 6.08 Å². The number of nitrogens with one attached hydrogen (secondary N) is 1. The SMILES string of the molecule is C/N=C(\N=C1/CC=CN=C1c1ccc(N(C)C)nc1)Nc1cc(OC)cc(OC)c1. The standard InChI is InChI=1S/C22H26N6O2/c1-23-22(26-16-11-17(29-4)13-18(12-16)30-5)27-19-7-6-10-24-21(19)15-8-9-20(25-14-15)28(2)3/h6,8-14H,7H2,1-5H3,(H,23,26)/b27-19+. The summed E-state index contributed by atoms with van der Waals surface area (Å²) in [5.41, 5.74) is 3.25. The first-order valence-corrected chi connectivity index (χ1v) is 9.45. The van der Waals surface area contributed by atoms with Gasteiger partial charge >= 0.3 is 0 Å². The van der Waals surface area contributed by atoms with Crippen LogP contribution in [0.15, 0.2) is 63.8 Å². The molecule has 0 amide bonds. The van der Waals surface area contributed by atoms with E-state index in [1.54, 1.807) is 33.5 Å². The molecule has 0 fully saturated rings. The molecular weight excluding hydrogens is 380 g/mol. The first kappa shape index (κ1) is 21.0. The van der Waals surface area contributed by atoms with Crippen LogP contribution in [-0.4, -0.2) is 57.7 Å². The predicted octanol–water partition coefficient (Wildman–Crippen LogP) is 3.41. The van der Waals surface area contributed by atoms with Gasteiger partial charge in [0.05, 0.1) is 25.6 Å². The molecular formula is C22H26N6O2. The van der Waals surface area contributed by atoms with Crippen LogP contribution in [0.5, 0.6) is 11.5 Å². The van der Waals surface area contributed by atoms with Gasteiger partial charge in [0.2, 0.25) is 5.96 Å². The molecule has 0 saturated heterocycles. The fourth-order valence-corrected chi connectivity index (χ4v) is 2.86. The van der Waals surface area contributed by atoms with Gasteiger partial charge in [-0.15, -0.1) is 0 Å². The first-order chi connectivity index (χ1) is 14.5. The Bertz CT molecular complexity index is 985. The monoisotopic (exact) mass is 406 g/mol. The minimum atomic E-state index is 0.459. The zero-order valence-corrected chi connectivity index (χ0v) is 17.9. The van der Waals surface area contributed by atoms with Gasteiger partial charge in [-0.2, -0.15) is 0 Å². The Morgan fingerprint density at radius 1 is 1.10 bits per heavy atom. The van der Waals surface area contributed by atoms with Gasteiger partial charge in [0.1, 0.15) is 17.3 Å². The number of aromatic nitrogens is 1. The van der Waals surface area contributed by atoms with Crippen LogP contribution in [-0.2, 0) is 0 Å². The average molecular weight is 406 g/mol. The molecule has 1 aromatic heterocycles. The lowest BCUT2D eigenvalue weighted by Crippen LogP contribution is -2.22. The maximum Gasteiger partial charge on any atom is 0.222 e. The third-order valence-corrected chi connectivity index (χ3v) is 4.43. The van der Waals surface area contributed by atoms with E-state index < -0.39 is 0 Å². The first-order valence-electron chi connectivity index (χ1n) is 9.45. The van der Waals surface area contributed by atoms with Gasteiger partial charge in [0.25, 0.3) is 0 Å². The van der Waals surface area contributed by atoms with E-state index in [0.29, 0.717) is 23.9 Å². The lowest BCUT2D eigenvalue weighted by molar-refractivity contribution is 0.395. The summed E-state index contributed by atoms with van der Waals surface area (Å²) in [6.07, 6.45) is 6.21. The Hall–Kier alpha value is -3.68. The Kier molecular flexibility index (Phi) is 6.79. The Balaban J connectivity index is 1.87. The molecule has 8 heteroatoms. The van der Waals surface area contributed by atoms with Crippen molar-refractivity contribution in [1.29, 1.82) is 0 Å². The largest absolute Gasteiger partial charge is 0.497 e. The molecule has 0 atom stereocenters. The normalized spacial score (nSPS) is 15.0. The van der Waals surface area contributed by atoms with Crippen LogP contribution in [0.4, 0.5) is 11.5 Å². The molecule has 1 N–H and O–H groups in total. The summed E-state index contributed by atoms with van der Waals surface area (Å²) >= 11 is 0. The van der Waals surface area contributed by atoms with E-state index in [4.69, 9.17) is 14.5 Å². The van der Waals surface area contributed by atoms with Crippen LogP contribution in [0.3, 0.4) is 0 Å². The second-order valence-corrected chi connectivity index (χ2v) is 6.70. The van der Waals surface area contributed by atoms with E-state index in [9.17, 15) is 0 Å². The number of nitrogens with zero attached hydrogens (tertiary/aromatic N) is 5. The molecule has 156 valence electrons. The Labute approximate surface area is 176 Å². The average Bonchev–Trinajstić information content (AvgIpc) is 2.78. The van der Waals surface area contributed by atoms with Crippen molar-refractivity contribution >= 4 is 28.9 Å². The van der Waals surface area contributed by atoms with E-state index in [1.165, 1.54) is 0 Å². The predicted molar refractivity (Wildman–Crippen MR) is 123 cm³/mol. The highest BCUT2D eigenvalue weighted by Gasteiger charge is 2.15. The van der Waals surface area contributed by atoms with Crippen LogP contribution >= 0.6 is 0 Å². The van der Waals surface area contributed by atoms with Crippen LogP contribution in [0.25, 0.3) is 0 Å². The van der Waals surface area contributed by atoms with E-state index in [2.05, 4.69) is 20.3 Å². The molecule has 1 aliphatic rings. The van der Waals surface area contributed by atoms with Crippen molar-refractivity contribution in [1.82, 2.24) is 4.98 Å². The number of hydrogen-bond donors (Lipinski definition) is 1. The summed E-state index contributed by atoms with van der Waals surface area (Å²) in [5, 5.41) is 3.22. The van der Waals surface area contributed by atoms with Crippen molar-refractivity contribution in [3.05, 3.63) is 54.4 Å². The zero-order valence-electron chi connectivity index (χ0n) is 17.9. The lowest BCUT2D eigenvalue weighted by atomic mass is 10.0. The second kappa shape index (κ2) is 9.69. The number of methoxy groups -OCH3 is 2. The summed E-state index contributed by atoms with van der Waals surface area (Å²) in [5.74, 6) is 2.69. The third-order valence-electron chi connectivity index (χ3n) is 4.43. The fourth-order valence-electron chi connectivity index (χ4n) is 2.86. The van der Waals surface area contributed by atoms with Crippen LogP contribution in [0.2, 0.25) is 0 Å². The molecule has 2 heterocycles. The van der Waals surface area contributed by atoms with Gasteiger partial charge in [0, 0.05) is 69.4 Å². The topological polar surface area (TPSA) is 83.7 Å². The van der Waals surface area contributed by atoms with Gasteiger partial charge in [-0.05, 0) is 12.1 Å². The number of rotatable bonds is 5. The molecule has 1 aliphatic heterocycles. The van der Waals surface area contributed by atoms with Crippen LogP contribution in [0.1, 0.15) is 12.0 Å². The molecule has 0 saturated carbocycles. The highest BCUT2D eigenvalue weighted by molar-refractivity contribution is 6.50. The smallest absolute Gasteiger partial charge is 0.222 e. The summed E-state index contributed by atoms with van der Waals surface area (Å²) in [6, 6.07) is 9.48. The molecule has 8 nitrogen and oxygen atoms in total. The van der Waals surface area contributed by atoms with Crippen molar-refractivity contribution < 1.29 is 9.47 Å². The van der Waals surface area contributed by atoms with Gasteiger partial charge in [0.15, 0.2) is 0 Å². The van der Waals surface area contributed by atoms with Crippen molar-refractivity contribution in [3.8, 4) is 11.5 Å². The van der Waals surface area contributed by atoms with E-state index in [0.717, 1.165) is 28.5 Å². The number of hydrogen-bond acceptors (Lipinski definition) is 6. The summed E-state index contributed by atoms with van der Waals surface area (Å²) in [4.78, 5) is 20.0. The quantitative estimate of drug-likeness (QED) is 0.608. The molecule has 2 aromatic rings. The number of aliphatic imine (C=N–C) groups is 3. The van der Waals surface area contributed by atoms with Crippen molar-refractivity contribution in [2.75, 3.05) is 45.6 Å².